The third-order valence-electron chi connectivity index (χ3n) is 3.91. The minimum atomic E-state index is -1.15. The van der Waals surface area contributed by atoms with Gasteiger partial charge in [0.25, 0.3) is 11.1 Å². The minimum absolute atomic E-state index is 0.0970. The predicted molar refractivity (Wildman–Crippen MR) is 123 cm³/mol. The van der Waals surface area contributed by atoms with E-state index in [1.165, 1.54) is 6.08 Å². The normalized spacial score (nSPS) is 14.8. The third kappa shape index (κ3) is 6.18. The summed E-state index contributed by atoms with van der Waals surface area (Å²) in [5.41, 5.74) is 0.950. The monoisotopic (exact) mass is 568 g/mol. The standard InChI is InChI=1S/C20H14Br2N2O6S/c21-12-1-4-14(5-2-12)23-17(25)9-24-19(28)16(31-20(24)29)8-11-7-13(22)3-6-15(11)30-10-18(26)27/h1-8H,9-10H2,(H,23,25)(H,26,27)/b16-8+. The van der Waals surface area contributed by atoms with E-state index in [-0.39, 0.29) is 10.7 Å². The number of halogens is 2. The first-order valence-corrected chi connectivity index (χ1v) is 11.1. The number of aliphatic carboxylic acids is 1. The first kappa shape index (κ1) is 23.0. The summed E-state index contributed by atoms with van der Waals surface area (Å²) in [6.45, 7) is -0.987. The molecular formula is C20H14Br2N2O6S. The van der Waals surface area contributed by atoms with Gasteiger partial charge < -0.3 is 15.2 Å². The van der Waals surface area contributed by atoms with E-state index in [0.717, 1.165) is 9.37 Å². The van der Waals surface area contributed by atoms with Crippen LogP contribution in [-0.2, 0) is 14.4 Å². The highest BCUT2D eigenvalue weighted by Crippen LogP contribution is 2.34. The van der Waals surface area contributed by atoms with E-state index in [0.29, 0.717) is 27.5 Å². The highest BCUT2D eigenvalue weighted by Gasteiger charge is 2.36. The van der Waals surface area contributed by atoms with Crippen molar-refractivity contribution in [1.82, 2.24) is 4.90 Å². The van der Waals surface area contributed by atoms with Crippen LogP contribution in [0.1, 0.15) is 5.56 Å². The van der Waals surface area contributed by atoms with E-state index in [4.69, 9.17) is 9.84 Å². The van der Waals surface area contributed by atoms with Gasteiger partial charge in [0.05, 0.1) is 4.91 Å². The van der Waals surface area contributed by atoms with E-state index in [1.807, 2.05) is 0 Å². The number of nitrogens with zero attached hydrogens (tertiary/aromatic N) is 1. The number of carboxylic acids is 1. The molecule has 11 heteroatoms. The maximum absolute atomic E-state index is 12.7. The average Bonchev–Trinajstić information content (AvgIpc) is 2.96. The molecule has 0 unspecified atom stereocenters. The Balaban J connectivity index is 1.74. The van der Waals surface area contributed by atoms with E-state index in [9.17, 15) is 19.2 Å². The lowest BCUT2D eigenvalue weighted by Gasteiger charge is -2.12. The van der Waals surface area contributed by atoms with Crippen molar-refractivity contribution >= 4 is 78.4 Å². The molecule has 0 atom stereocenters. The summed E-state index contributed by atoms with van der Waals surface area (Å²) in [6, 6.07) is 11.7. The van der Waals surface area contributed by atoms with E-state index in [1.54, 1.807) is 42.5 Å². The fourth-order valence-electron chi connectivity index (χ4n) is 2.56. The van der Waals surface area contributed by atoms with Crippen molar-refractivity contribution in [2.45, 2.75) is 0 Å². The maximum atomic E-state index is 12.7. The van der Waals surface area contributed by atoms with Crippen LogP contribution in [0.25, 0.3) is 6.08 Å². The van der Waals surface area contributed by atoms with E-state index in [2.05, 4.69) is 37.2 Å². The second-order valence-electron chi connectivity index (χ2n) is 6.19. The molecule has 2 N–H and O–H groups in total. The molecule has 0 spiro atoms. The number of carboxylic acid groups (broad SMARTS) is 1. The van der Waals surface area contributed by atoms with E-state index >= 15 is 0 Å². The summed E-state index contributed by atoms with van der Waals surface area (Å²) >= 11 is 7.30. The number of benzene rings is 2. The lowest BCUT2D eigenvalue weighted by Crippen LogP contribution is -2.36. The van der Waals surface area contributed by atoms with Crippen molar-refractivity contribution in [3.05, 3.63) is 61.9 Å². The molecule has 0 radical (unpaired) electrons. The summed E-state index contributed by atoms with van der Waals surface area (Å²) in [5.74, 6) is -2.04. The number of nitrogens with one attached hydrogen (secondary N) is 1. The zero-order chi connectivity index (χ0) is 22.5. The molecule has 160 valence electrons. The second-order valence-corrected chi connectivity index (χ2v) is 9.01. The molecule has 3 rings (SSSR count). The number of carbonyl (C=O) groups excluding carboxylic acids is 3. The van der Waals surface area contributed by atoms with Gasteiger partial charge in [0.15, 0.2) is 6.61 Å². The molecule has 0 bridgehead atoms. The molecule has 2 aromatic rings. The summed E-state index contributed by atoms with van der Waals surface area (Å²) < 4.78 is 6.76. The highest BCUT2D eigenvalue weighted by molar-refractivity contribution is 9.10. The molecule has 3 amide bonds. The quantitative estimate of drug-likeness (QED) is 0.477. The Bertz CT molecular complexity index is 1090. The first-order valence-electron chi connectivity index (χ1n) is 8.68. The smallest absolute Gasteiger partial charge is 0.341 e. The van der Waals surface area contributed by atoms with Crippen LogP contribution in [0.2, 0.25) is 0 Å². The van der Waals surface area contributed by atoms with Crippen molar-refractivity contribution in [3.8, 4) is 5.75 Å². The van der Waals surface area contributed by atoms with Crippen LogP contribution in [0, 0.1) is 0 Å². The summed E-state index contributed by atoms with van der Waals surface area (Å²) in [7, 11) is 0. The molecule has 1 aliphatic rings. The molecule has 1 aliphatic heterocycles. The number of ether oxygens (including phenoxy) is 1. The van der Waals surface area contributed by atoms with Crippen LogP contribution in [-0.4, -0.2) is 46.2 Å². The van der Waals surface area contributed by atoms with Gasteiger partial charge in [-0.25, -0.2) is 4.79 Å². The molecule has 1 fully saturated rings. The largest absolute Gasteiger partial charge is 0.481 e. The van der Waals surface area contributed by atoms with Crippen molar-refractivity contribution in [1.29, 1.82) is 0 Å². The van der Waals surface area contributed by atoms with Crippen LogP contribution in [0.5, 0.6) is 5.75 Å². The Morgan fingerprint density at radius 1 is 1.10 bits per heavy atom. The lowest BCUT2D eigenvalue weighted by atomic mass is 10.2. The number of anilines is 1. The van der Waals surface area contributed by atoms with Crippen LogP contribution in [0.15, 0.2) is 56.3 Å². The van der Waals surface area contributed by atoms with Crippen molar-refractivity contribution < 1.29 is 29.0 Å². The molecule has 0 aromatic heterocycles. The highest BCUT2D eigenvalue weighted by atomic mass is 79.9. The predicted octanol–water partition coefficient (Wildman–Crippen LogP) is 4.35. The average molecular weight is 570 g/mol. The van der Waals surface area contributed by atoms with Crippen molar-refractivity contribution in [2.75, 3.05) is 18.5 Å². The Kier molecular flexibility index (Phi) is 7.52. The van der Waals surface area contributed by atoms with Crippen LogP contribution in [0.4, 0.5) is 10.5 Å². The number of carbonyl (C=O) groups is 4. The Morgan fingerprint density at radius 3 is 2.45 bits per heavy atom. The molecule has 8 nitrogen and oxygen atoms in total. The van der Waals surface area contributed by atoms with Gasteiger partial charge in [0.2, 0.25) is 5.91 Å². The number of imide groups is 1. The van der Waals surface area contributed by atoms with Crippen LogP contribution < -0.4 is 10.1 Å². The number of rotatable bonds is 7. The Morgan fingerprint density at radius 2 is 1.77 bits per heavy atom. The summed E-state index contributed by atoms with van der Waals surface area (Å²) in [6.07, 6.45) is 1.43. The van der Waals surface area contributed by atoms with Gasteiger partial charge in [0, 0.05) is 20.2 Å². The number of hydrogen-bond donors (Lipinski definition) is 2. The van der Waals surface area contributed by atoms with Gasteiger partial charge in [-0.05, 0) is 60.3 Å². The molecule has 0 aliphatic carbocycles. The number of amides is 3. The second kappa shape index (κ2) is 10.1. The third-order valence-corrected chi connectivity index (χ3v) is 5.84. The van der Waals surface area contributed by atoms with Gasteiger partial charge in [-0.3, -0.25) is 19.3 Å². The minimum Gasteiger partial charge on any atom is -0.481 e. The maximum Gasteiger partial charge on any atom is 0.341 e. The van der Waals surface area contributed by atoms with Gasteiger partial charge >= 0.3 is 5.97 Å². The van der Waals surface area contributed by atoms with Gasteiger partial charge in [0.1, 0.15) is 12.3 Å². The molecule has 1 saturated heterocycles. The lowest BCUT2D eigenvalue weighted by molar-refractivity contribution is -0.139. The SMILES string of the molecule is O=C(O)COc1ccc(Br)cc1/C=C1/SC(=O)N(CC(=O)Nc2ccc(Br)cc2)C1=O. The summed E-state index contributed by atoms with van der Waals surface area (Å²) in [5, 5.41) is 10.9. The number of thioether (sulfide) groups is 1. The fraction of sp³-hybridized carbons (Fsp3) is 0.100. The summed E-state index contributed by atoms with van der Waals surface area (Å²) in [4.78, 5) is 49.0. The Hall–Kier alpha value is -2.63. The van der Waals surface area contributed by atoms with Crippen LogP contribution in [0.3, 0.4) is 0 Å². The molecule has 31 heavy (non-hydrogen) atoms. The molecular weight excluding hydrogens is 556 g/mol. The zero-order valence-electron chi connectivity index (χ0n) is 15.6. The van der Waals surface area contributed by atoms with Crippen molar-refractivity contribution in [3.63, 3.8) is 0 Å². The number of hydrogen-bond acceptors (Lipinski definition) is 6. The molecule has 2 aromatic carbocycles. The zero-order valence-corrected chi connectivity index (χ0v) is 19.6. The first-order chi connectivity index (χ1) is 14.7. The fourth-order valence-corrected chi connectivity index (χ4v) is 4.03. The Labute approximate surface area is 197 Å². The van der Waals surface area contributed by atoms with Crippen molar-refractivity contribution in [2.24, 2.45) is 0 Å². The van der Waals surface area contributed by atoms with Gasteiger partial charge in [-0.1, -0.05) is 31.9 Å². The topological polar surface area (TPSA) is 113 Å². The van der Waals surface area contributed by atoms with Gasteiger partial charge in [-0.2, -0.15) is 0 Å². The van der Waals surface area contributed by atoms with Crippen LogP contribution >= 0.6 is 43.6 Å². The van der Waals surface area contributed by atoms with Gasteiger partial charge in [-0.15, -0.1) is 0 Å². The van der Waals surface area contributed by atoms with E-state index < -0.39 is 36.2 Å². The molecule has 0 saturated carbocycles. The molecule has 1 heterocycles.